The molecule has 7 nitrogen and oxygen atoms in total. The lowest BCUT2D eigenvalue weighted by Crippen LogP contribution is -3.03. The number of thiazole rings is 1. The molecule has 3 heterocycles. The van der Waals surface area contributed by atoms with Gasteiger partial charge in [-0.15, -0.1) is 0 Å². The van der Waals surface area contributed by atoms with Gasteiger partial charge in [0.15, 0.2) is 6.54 Å². The molecule has 38 heavy (non-hydrogen) atoms. The number of ether oxygens (including phenoxy) is 1. The van der Waals surface area contributed by atoms with Crippen LogP contribution in [0, 0.1) is 0 Å². The summed E-state index contributed by atoms with van der Waals surface area (Å²) in [6.45, 7) is 5.34. The molecule has 1 unspecified atom stereocenters. The molecule has 1 N–H and O–H groups in total. The third kappa shape index (κ3) is 6.18. The van der Waals surface area contributed by atoms with E-state index >= 15 is 0 Å². The number of rotatable bonds is 10. The Bertz CT molecular complexity index is 1470. The Morgan fingerprint density at radius 3 is 2.71 bits per heavy atom. The number of quaternary nitrogens is 2. The zero-order valence-corrected chi connectivity index (χ0v) is 23.8. The number of hydrogen-bond donors (Lipinski definition) is 1. The number of aryl methyl sites for hydroxylation is 1. The molecular weight excluding hydrogens is 518 g/mol. The average molecular weight is 556 g/mol. The van der Waals surface area contributed by atoms with Crippen LogP contribution < -0.4 is 14.2 Å². The van der Waals surface area contributed by atoms with Gasteiger partial charge in [-0.25, -0.2) is 8.42 Å². The quantitative estimate of drug-likeness (QED) is 0.237. The molecule has 0 radical (unpaired) electrons. The molecule has 0 bridgehead atoms. The van der Waals surface area contributed by atoms with Crippen molar-refractivity contribution in [2.75, 3.05) is 46.1 Å². The van der Waals surface area contributed by atoms with Crippen LogP contribution in [0.3, 0.4) is 0 Å². The fourth-order valence-electron chi connectivity index (χ4n) is 5.78. The van der Waals surface area contributed by atoms with Crippen LogP contribution in [0.2, 0.25) is 0 Å². The van der Waals surface area contributed by atoms with Gasteiger partial charge in [0.05, 0.1) is 62.7 Å². The van der Waals surface area contributed by atoms with E-state index in [1.165, 1.54) is 59.5 Å². The highest BCUT2D eigenvalue weighted by atomic mass is 32.2. The van der Waals surface area contributed by atoms with Crippen LogP contribution in [-0.2, 0) is 16.7 Å². The van der Waals surface area contributed by atoms with Crippen molar-refractivity contribution in [1.82, 2.24) is 0 Å². The summed E-state index contributed by atoms with van der Waals surface area (Å²) in [7, 11) is -0.233. The standard InChI is InChI=1S/C29H36N3O4S2/c1-32(17-5-6-18-32)19-7-14-30-16-13-23(25-9-3-4-10-26(25)30)21-29-31(15-8-20-38(33,34)35)27-22-24(36-2)11-12-28(27)37-29/h3-4,9-13,16,21-22H,5-8,14-15,17-20H2,1-2H3/q+1/p+1. The largest absolute Gasteiger partial charge is 0.748 e. The Hall–Kier alpha value is -2.56. The minimum atomic E-state index is -4.26. The van der Waals surface area contributed by atoms with Gasteiger partial charge in [-0.1, -0.05) is 23.5 Å². The maximum absolute atomic E-state index is 11.3. The van der Waals surface area contributed by atoms with E-state index in [0.717, 1.165) is 33.1 Å². The summed E-state index contributed by atoms with van der Waals surface area (Å²) in [4.78, 5) is 1.39. The second-order valence-corrected chi connectivity index (χ2v) is 13.2. The van der Waals surface area contributed by atoms with Gasteiger partial charge in [-0.3, -0.25) is 4.90 Å². The summed E-state index contributed by atoms with van der Waals surface area (Å²) in [6.07, 6.45) is 10.8. The van der Waals surface area contributed by atoms with Crippen molar-refractivity contribution in [2.24, 2.45) is 0 Å². The van der Waals surface area contributed by atoms with Crippen LogP contribution in [0.25, 0.3) is 21.9 Å². The smallest absolute Gasteiger partial charge is 0.263 e. The van der Waals surface area contributed by atoms with Crippen molar-refractivity contribution >= 4 is 49.0 Å². The highest BCUT2D eigenvalue weighted by Crippen LogP contribution is 2.31. The second-order valence-electron chi connectivity index (χ2n) is 10.6. The molecule has 202 valence electrons. The van der Waals surface area contributed by atoms with E-state index in [2.05, 4.69) is 54.2 Å². The second kappa shape index (κ2) is 11.3. The Balaban J connectivity index is 1.44. The van der Waals surface area contributed by atoms with Crippen LogP contribution >= 0.6 is 11.3 Å². The monoisotopic (exact) mass is 555 g/mol. The summed E-state index contributed by atoms with van der Waals surface area (Å²) in [5.41, 5.74) is 4.61. The van der Waals surface area contributed by atoms with Gasteiger partial charge in [-0.2, -0.15) is 4.57 Å². The van der Waals surface area contributed by atoms with Crippen LogP contribution in [0.4, 0.5) is 5.69 Å². The molecule has 1 saturated heterocycles. The summed E-state index contributed by atoms with van der Waals surface area (Å²) >= 11 is 1.66. The first-order chi connectivity index (χ1) is 18.2. The fraction of sp³-hybridized carbons (Fsp3) is 0.414. The number of methoxy groups -OCH3 is 1. The number of para-hydroxylation sites is 1. The first-order valence-electron chi connectivity index (χ1n) is 13.4. The molecule has 1 atom stereocenters. The first-order valence-corrected chi connectivity index (χ1v) is 15.8. The van der Waals surface area contributed by atoms with Crippen molar-refractivity contribution in [3.63, 3.8) is 0 Å². The summed E-state index contributed by atoms with van der Waals surface area (Å²) in [5, 5.41) is 1.01. The normalized spacial score (nSPS) is 19.8. The van der Waals surface area contributed by atoms with Crippen LogP contribution in [0.5, 0.6) is 5.75 Å². The van der Waals surface area contributed by atoms with Crippen molar-refractivity contribution < 1.29 is 31.7 Å². The van der Waals surface area contributed by atoms with Crippen molar-refractivity contribution in [3.8, 4) is 5.75 Å². The Morgan fingerprint density at radius 1 is 1.16 bits per heavy atom. The lowest BCUT2D eigenvalue weighted by molar-refractivity contribution is -0.900. The van der Waals surface area contributed by atoms with E-state index in [1.54, 1.807) is 18.4 Å². The Kier molecular flexibility index (Phi) is 8.02. The molecule has 9 heteroatoms. The minimum Gasteiger partial charge on any atom is -0.748 e. The molecular formula is C29H37N3O4S2+2. The lowest BCUT2D eigenvalue weighted by atomic mass is 9.99. The average Bonchev–Trinajstić information content (AvgIpc) is 3.47. The number of hydrogen-bond acceptors (Lipinski definition) is 5. The Labute approximate surface area is 229 Å². The van der Waals surface area contributed by atoms with Gasteiger partial charge < -0.3 is 13.8 Å². The zero-order valence-electron chi connectivity index (χ0n) is 22.2. The third-order valence-electron chi connectivity index (χ3n) is 7.83. The van der Waals surface area contributed by atoms with Gasteiger partial charge in [-0.05, 0) is 18.2 Å². The number of allylic oxidation sites excluding steroid dienone is 2. The van der Waals surface area contributed by atoms with E-state index in [9.17, 15) is 13.0 Å². The van der Waals surface area contributed by atoms with Crippen LogP contribution in [-0.4, -0.2) is 63.5 Å². The van der Waals surface area contributed by atoms with Gasteiger partial charge in [0.2, 0.25) is 5.52 Å². The van der Waals surface area contributed by atoms with Crippen LogP contribution in [0.15, 0.2) is 54.7 Å². The lowest BCUT2D eigenvalue weighted by Gasteiger charge is -2.30. The van der Waals surface area contributed by atoms with Gasteiger partial charge in [0, 0.05) is 60.8 Å². The van der Waals surface area contributed by atoms with E-state index in [-0.39, 0.29) is 12.2 Å². The minimum absolute atomic E-state index is 0.261. The van der Waals surface area contributed by atoms with Crippen molar-refractivity contribution in [3.05, 3.63) is 65.3 Å². The SMILES string of the molecule is COc1ccc2sc(C=C3C=C[NH+](CCC[N+]4(C)CCCC4)c4ccccc43)[n+](CCCS(=O)(=O)[O-])c2c1. The summed E-state index contributed by atoms with van der Waals surface area (Å²) in [6, 6.07) is 14.5. The topological polar surface area (TPSA) is 74.8 Å². The van der Waals surface area contributed by atoms with Gasteiger partial charge in [0.25, 0.3) is 5.01 Å². The number of nitrogens with one attached hydrogen (secondary N) is 1. The molecule has 5 rings (SSSR count). The van der Waals surface area contributed by atoms with Crippen molar-refractivity contribution in [1.29, 1.82) is 0 Å². The Morgan fingerprint density at radius 2 is 1.95 bits per heavy atom. The third-order valence-corrected chi connectivity index (χ3v) is 9.73. The predicted molar refractivity (Wildman–Crippen MR) is 151 cm³/mol. The molecule has 0 saturated carbocycles. The maximum atomic E-state index is 11.3. The molecule has 0 amide bonds. The maximum Gasteiger partial charge on any atom is 0.263 e. The van der Waals surface area contributed by atoms with E-state index < -0.39 is 10.1 Å². The predicted octanol–water partition coefficient (Wildman–Crippen LogP) is 3.35. The van der Waals surface area contributed by atoms with Crippen molar-refractivity contribution in [2.45, 2.75) is 32.2 Å². The zero-order chi connectivity index (χ0) is 26.8. The number of nitrogens with zero attached hydrogens (tertiary/aromatic N) is 2. The summed E-state index contributed by atoms with van der Waals surface area (Å²) < 4.78 is 43.6. The van der Waals surface area contributed by atoms with Gasteiger partial charge >= 0.3 is 0 Å². The number of aromatic nitrogens is 1. The molecule has 2 aromatic carbocycles. The molecule has 1 fully saturated rings. The van der Waals surface area contributed by atoms with E-state index in [0.29, 0.717) is 6.54 Å². The van der Waals surface area contributed by atoms with E-state index in [1.807, 2.05) is 18.2 Å². The highest BCUT2D eigenvalue weighted by molar-refractivity contribution is 7.85. The molecule has 1 aromatic heterocycles. The first kappa shape index (κ1) is 27.0. The van der Waals surface area contributed by atoms with E-state index in [4.69, 9.17) is 4.74 Å². The van der Waals surface area contributed by atoms with Crippen LogP contribution in [0.1, 0.15) is 36.3 Å². The molecule has 2 aliphatic heterocycles. The molecule has 3 aromatic rings. The number of likely N-dealkylation sites (tertiary alicyclic amines) is 1. The van der Waals surface area contributed by atoms with Gasteiger partial charge in [0.1, 0.15) is 16.1 Å². The molecule has 0 spiro atoms. The highest BCUT2D eigenvalue weighted by Gasteiger charge is 2.28. The number of fused-ring (bicyclic) bond motifs is 2. The molecule has 2 aliphatic rings. The number of benzene rings is 2. The molecule has 0 aliphatic carbocycles. The fourth-order valence-corrected chi connectivity index (χ4v) is 7.38. The summed E-state index contributed by atoms with van der Waals surface area (Å²) in [5.74, 6) is 0.364.